The Kier molecular flexibility index (Phi) is 9.46. The summed E-state index contributed by atoms with van der Waals surface area (Å²) in [6.07, 6.45) is 2.35. The summed E-state index contributed by atoms with van der Waals surface area (Å²) in [5.41, 5.74) is 3.88. The molecule has 4 aliphatic heterocycles. The molecule has 0 saturated carbocycles. The Balaban J connectivity index is 0.000000168. The average Bonchev–Trinajstić information content (AvgIpc) is 3.89. The number of benzene rings is 3. The number of aryl methyl sites for hydroxylation is 2. The number of nitrogens with zero attached hydrogens (tertiary/aromatic N) is 6. The molecule has 0 amide bonds. The quantitative estimate of drug-likeness (QED) is 0.175. The van der Waals surface area contributed by atoms with Gasteiger partial charge in [0.2, 0.25) is 11.2 Å². The Bertz CT molecular complexity index is 2200. The molecule has 16 heteroatoms. The molecule has 2 fully saturated rings. The number of halogens is 4. The molecule has 4 unspecified atom stereocenters. The van der Waals surface area contributed by atoms with Gasteiger partial charge in [0.15, 0.2) is 11.6 Å². The molecule has 2 aromatic heterocycles. The summed E-state index contributed by atoms with van der Waals surface area (Å²) >= 11 is 9.34. The fourth-order valence-electron chi connectivity index (χ4n) is 6.92. The lowest BCUT2D eigenvalue weighted by molar-refractivity contribution is 0.628. The predicted molar refractivity (Wildman–Crippen MR) is 199 cm³/mol. The van der Waals surface area contributed by atoms with Gasteiger partial charge in [0.05, 0.1) is 39.0 Å². The van der Waals surface area contributed by atoms with E-state index in [4.69, 9.17) is 21.6 Å². The zero-order valence-electron chi connectivity index (χ0n) is 26.9. The molecule has 0 aliphatic carbocycles. The number of fused-ring (bicyclic) bond motifs is 4. The second kappa shape index (κ2) is 14.2. The first-order valence-electron chi connectivity index (χ1n) is 16.3. The summed E-state index contributed by atoms with van der Waals surface area (Å²) in [4.78, 5) is 23.7. The van der Waals surface area contributed by atoms with Crippen molar-refractivity contribution in [2.24, 2.45) is 0 Å². The highest BCUT2D eigenvalue weighted by Gasteiger charge is 2.45. The summed E-state index contributed by atoms with van der Waals surface area (Å²) in [7, 11) is -2.28. The number of hydrogen-bond donors (Lipinski definition) is 2. The normalized spacial score (nSPS) is 21.3. The maximum absolute atomic E-state index is 13.7. The fourth-order valence-corrected chi connectivity index (χ4v) is 9.98. The van der Waals surface area contributed by atoms with Crippen molar-refractivity contribution in [2.75, 3.05) is 45.0 Å². The predicted octanol–water partition coefficient (Wildman–Crippen LogP) is 6.93. The molecule has 10 nitrogen and oxygen atoms in total. The largest absolute Gasteiger partial charge is 0.365 e. The van der Waals surface area contributed by atoms with Gasteiger partial charge in [-0.1, -0.05) is 28.1 Å². The monoisotopic (exact) mass is 810 g/mol. The summed E-state index contributed by atoms with van der Waals surface area (Å²) in [5.74, 6) is 1.96. The molecule has 0 radical (unpaired) electrons. The molecule has 6 heterocycles. The van der Waals surface area contributed by atoms with E-state index in [9.17, 15) is 17.2 Å². The third kappa shape index (κ3) is 7.08. The van der Waals surface area contributed by atoms with Crippen molar-refractivity contribution in [1.82, 2.24) is 19.9 Å². The van der Waals surface area contributed by atoms with Crippen molar-refractivity contribution in [3.63, 3.8) is 0 Å². The fraction of sp³-hybridized carbons (Fsp3) is 0.257. The van der Waals surface area contributed by atoms with Gasteiger partial charge in [0.25, 0.3) is 0 Å². The van der Waals surface area contributed by atoms with Crippen molar-refractivity contribution >= 4 is 83.8 Å². The SMILES string of the molecule is O=S1CCc2nc(Cl)nc(Nc3cccc(F)c3)c21.O=S1CCc2nc(N3CC4CC3CN4c3ccc(Br)cc3)nc(Nc3cccc(F)c3)c21. The topological polar surface area (TPSA) is 116 Å². The highest BCUT2D eigenvalue weighted by Crippen LogP contribution is 2.39. The van der Waals surface area contributed by atoms with Crippen LogP contribution in [0.4, 0.5) is 43.4 Å². The lowest BCUT2D eigenvalue weighted by atomic mass is 10.2. The van der Waals surface area contributed by atoms with Gasteiger partial charge < -0.3 is 20.4 Å². The maximum Gasteiger partial charge on any atom is 0.228 e. The van der Waals surface area contributed by atoms with Gasteiger partial charge in [-0.3, -0.25) is 8.42 Å². The number of rotatable bonds is 6. The van der Waals surface area contributed by atoms with Crippen LogP contribution in [0.1, 0.15) is 17.8 Å². The minimum atomic E-state index is -1.14. The van der Waals surface area contributed by atoms with E-state index in [1.54, 1.807) is 24.3 Å². The van der Waals surface area contributed by atoms with Crippen LogP contribution in [0.3, 0.4) is 0 Å². The third-order valence-electron chi connectivity index (χ3n) is 9.17. The molecule has 262 valence electrons. The Labute approximate surface area is 311 Å². The summed E-state index contributed by atoms with van der Waals surface area (Å²) in [6.45, 7) is 1.77. The number of piperazine rings is 1. The maximum atomic E-state index is 13.7. The smallest absolute Gasteiger partial charge is 0.228 e. The number of nitrogens with one attached hydrogen (secondary N) is 2. The molecule has 5 aromatic rings. The van der Waals surface area contributed by atoms with Gasteiger partial charge in [0.1, 0.15) is 21.4 Å². The molecule has 51 heavy (non-hydrogen) atoms. The van der Waals surface area contributed by atoms with Crippen molar-refractivity contribution in [2.45, 2.75) is 41.1 Å². The first-order chi connectivity index (χ1) is 24.7. The third-order valence-corrected chi connectivity index (χ3v) is 12.8. The van der Waals surface area contributed by atoms with Gasteiger partial charge >= 0.3 is 0 Å². The Morgan fingerprint density at radius 1 is 0.725 bits per heavy atom. The number of anilines is 6. The van der Waals surface area contributed by atoms with E-state index in [-0.39, 0.29) is 16.9 Å². The molecule has 9 rings (SSSR count). The molecule has 3 aromatic carbocycles. The Morgan fingerprint density at radius 3 is 1.84 bits per heavy atom. The summed E-state index contributed by atoms with van der Waals surface area (Å²) < 4.78 is 52.5. The second-order valence-electron chi connectivity index (χ2n) is 12.5. The zero-order chi connectivity index (χ0) is 35.2. The summed E-state index contributed by atoms with van der Waals surface area (Å²) in [6, 6.07) is 21.4. The zero-order valence-corrected chi connectivity index (χ0v) is 30.8. The first-order valence-corrected chi connectivity index (χ1v) is 20.1. The van der Waals surface area contributed by atoms with Crippen LogP contribution in [0, 0.1) is 11.6 Å². The van der Waals surface area contributed by atoms with E-state index in [2.05, 4.69) is 70.6 Å². The lowest BCUT2D eigenvalue weighted by Gasteiger charge is -2.36. The van der Waals surface area contributed by atoms with E-state index in [0.717, 1.165) is 29.7 Å². The highest BCUT2D eigenvalue weighted by atomic mass is 79.9. The molecule has 2 saturated heterocycles. The Morgan fingerprint density at radius 2 is 1.27 bits per heavy atom. The van der Waals surface area contributed by atoms with Crippen LogP contribution in [-0.2, 0) is 34.4 Å². The van der Waals surface area contributed by atoms with Crippen LogP contribution < -0.4 is 20.4 Å². The number of hydrogen-bond acceptors (Lipinski definition) is 10. The van der Waals surface area contributed by atoms with E-state index in [1.807, 2.05) is 0 Å². The van der Waals surface area contributed by atoms with E-state index in [1.165, 1.54) is 30.0 Å². The lowest BCUT2D eigenvalue weighted by Crippen LogP contribution is -2.47. The summed E-state index contributed by atoms with van der Waals surface area (Å²) in [5, 5.41) is 6.24. The molecule has 2 N–H and O–H groups in total. The van der Waals surface area contributed by atoms with Gasteiger partial charge in [0, 0.05) is 65.0 Å². The molecule has 2 bridgehead atoms. The van der Waals surface area contributed by atoms with Crippen molar-refractivity contribution in [3.8, 4) is 0 Å². The van der Waals surface area contributed by atoms with Crippen molar-refractivity contribution in [1.29, 1.82) is 0 Å². The highest BCUT2D eigenvalue weighted by molar-refractivity contribution is 9.10. The Hall–Kier alpha value is -4.05. The standard InChI is InChI=1S/C23H21BrFN5OS.C12H9ClFN3OS/c24-14-4-6-17(7-5-14)29-12-19-11-18(29)13-30(19)23-27-20-8-9-32(31)21(20)22(28-23)26-16-3-1-2-15(25)10-16;13-12-16-9-4-5-19(18)10(9)11(17-12)15-8-3-1-2-7(14)6-8/h1-7,10,18-19H,8-9,11-13H2,(H,26,27,28);1-3,6H,4-5H2,(H,15,16,17). The van der Waals surface area contributed by atoms with Gasteiger partial charge in [-0.2, -0.15) is 9.97 Å². The molecule has 4 aliphatic rings. The molecule has 4 atom stereocenters. The van der Waals surface area contributed by atoms with Crippen LogP contribution in [0.25, 0.3) is 0 Å². The number of aromatic nitrogens is 4. The second-order valence-corrected chi connectivity index (χ2v) is 16.7. The minimum absolute atomic E-state index is 0.0940. The van der Waals surface area contributed by atoms with Crippen LogP contribution in [-0.4, -0.2) is 65.0 Å². The first kappa shape index (κ1) is 34.1. The van der Waals surface area contributed by atoms with Crippen molar-refractivity contribution in [3.05, 3.63) is 106 Å². The molecule has 0 spiro atoms. The van der Waals surface area contributed by atoms with Crippen LogP contribution in [0.2, 0.25) is 5.28 Å². The molecular weight excluding hydrogens is 782 g/mol. The van der Waals surface area contributed by atoms with E-state index in [0.29, 0.717) is 80.9 Å². The van der Waals surface area contributed by atoms with Crippen LogP contribution in [0.15, 0.2) is 87.1 Å². The van der Waals surface area contributed by atoms with Gasteiger partial charge in [-0.25, -0.2) is 18.7 Å². The van der Waals surface area contributed by atoms with Crippen molar-refractivity contribution < 1.29 is 17.2 Å². The van der Waals surface area contributed by atoms with Gasteiger partial charge in [-0.15, -0.1) is 0 Å². The van der Waals surface area contributed by atoms with Crippen LogP contribution >= 0.6 is 27.5 Å². The van der Waals surface area contributed by atoms with E-state index < -0.39 is 21.6 Å². The van der Waals surface area contributed by atoms with Gasteiger partial charge in [-0.05, 0) is 78.7 Å². The van der Waals surface area contributed by atoms with Crippen LogP contribution in [0.5, 0.6) is 0 Å². The molecular formula is C35H30BrClF2N8O2S2. The average molecular weight is 812 g/mol. The van der Waals surface area contributed by atoms with E-state index >= 15 is 0 Å². The minimum Gasteiger partial charge on any atom is -0.365 e.